The Balaban J connectivity index is 1.87. The van der Waals surface area contributed by atoms with Crippen molar-refractivity contribution in [3.05, 3.63) is 29.8 Å². The number of nitrogens with one attached hydrogen (secondary N) is 2. The molecule has 3 N–H and O–H groups in total. The van der Waals surface area contributed by atoms with Crippen LogP contribution in [0.25, 0.3) is 0 Å². The van der Waals surface area contributed by atoms with Crippen molar-refractivity contribution in [2.24, 2.45) is 17.8 Å². The van der Waals surface area contributed by atoms with Crippen LogP contribution in [0.2, 0.25) is 0 Å². The first-order valence-electron chi connectivity index (χ1n) is 8.28. The van der Waals surface area contributed by atoms with Crippen molar-refractivity contribution >= 4 is 23.5 Å². The first-order chi connectivity index (χ1) is 11.4. The highest BCUT2D eigenvalue weighted by Gasteiger charge is 2.29. The summed E-state index contributed by atoms with van der Waals surface area (Å²) in [6.07, 6.45) is 2.39. The number of hydrogen-bond acceptors (Lipinski definition) is 3. The zero-order valence-corrected chi connectivity index (χ0v) is 14.0. The second-order valence-corrected chi connectivity index (χ2v) is 6.72. The van der Waals surface area contributed by atoms with E-state index in [1.165, 1.54) is 0 Å². The number of benzene rings is 1. The Kier molecular flexibility index (Phi) is 5.95. The number of hydrogen-bond donors (Lipinski definition) is 3. The molecule has 0 heterocycles. The van der Waals surface area contributed by atoms with Gasteiger partial charge in [0.05, 0.1) is 5.92 Å². The second kappa shape index (κ2) is 7.95. The Bertz CT molecular complexity index is 606. The van der Waals surface area contributed by atoms with Crippen molar-refractivity contribution in [2.75, 3.05) is 11.9 Å². The third-order valence-corrected chi connectivity index (χ3v) is 3.98. The van der Waals surface area contributed by atoms with Gasteiger partial charge in [-0.15, -0.1) is 0 Å². The molecule has 6 heteroatoms. The summed E-state index contributed by atoms with van der Waals surface area (Å²) in [6.45, 7) is 4.01. The van der Waals surface area contributed by atoms with Gasteiger partial charge in [0, 0.05) is 23.7 Å². The summed E-state index contributed by atoms with van der Waals surface area (Å²) in [5.41, 5.74) is 1.10. The van der Waals surface area contributed by atoms with Crippen molar-refractivity contribution in [3.8, 4) is 0 Å². The van der Waals surface area contributed by atoms with Gasteiger partial charge in [0.25, 0.3) is 5.91 Å². The molecule has 0 saturated heterocycles. The van der Waals surface area contributed by atoms with Crippen LogP contribution in [-0.2, 0) is 9.59 Å². The standard InChI is InChI=1S/C18H24N2O4/c1-11(2)9-14(18(23)24)10-19-16(21)12-5-7-15(8-6-12)20-17(22)13-3-4-13/h5-8,11,13-14H,3-4,9-10H2,1-2H3,(H,19,21)(H,20,22)(H,23,24). The fraction of sp³-hybridized carbons (Fsp3) is 0.500. The Morgan fingerprint density at radius 3 is 2.29 bits per heavy atom. The van der Waals surface area contributed by atoms with Crippen LogP contribution in [0.5, 0.6) is 0 Å². The minimum absolute atomic E-state index is 0.0187. The van der Waals surface area contributed by atoms with Crippen LogP contribution in [-0.4, -0.2) is 29.4 Å². The molecular weight excluding hydrogens is 308 g/mol. The summed E-state index contributed by atoms with van der Waals surface area (Å²) in [5, 5.41) is 14.7. The lowest BCUT2D eigenvalue weighted by molar-refractivity contribution is -0.142. The van der Waals surface area contributed by atoms with Gasteiger partial charge in [-0.3, -0.25) is 14.4 Å². The van der Waals surface area contributed by atoms with Crippen molar-refractivity contribution < 1.29 is 19.5 Å². The van der Waals surface area contributed by atoms with E-state index in [0.29, 0.717) is 17.7 Å². The molecule has 1 fully saturated rings. The van der Waals surface area contributed by atoms with Crippen LogP contribution in [0.3, 0.4) is 0 Å². The maximum atomic E-state index is 12.1. The molecule has 0 bridgehead atoms. The fourth-order valence-corrected chi connectivity index (χ4v) is 2.45. The van der Waals surface area contributed by atoms with Crippen LogP contribution in [0.4, 0.5) is 5.69 Å². The Hall–Kier alpha value is -2.37. The highest BCUT2D eigenvalue weighted by atomic mass is 16.4. The third-order valence-electron chi connectivity index (χ3n) is 3.98. The highest BCUT2D eigenvalue weighted by molar-refractivity contribution is 5.96. The molecule has 6 nitrogen and oxygen atoms in total. The first kappa shape index (κ1) is 18.0. The van der Waals surface area contributed by atoms with Gasteiger partial charge in [0.15, 0.2) is 0 Å². The number of rotatable bonds is 8. The van der Waals surface area contributed by atoms with E-state index >= 15 is 0 Å². The number of amides is 2. The van der Waals surface area contributed by atoms with E-state index in [-0.39, 0.29) is 30.2 Å². The van der Waals surface area contributed by atoms with E-state index in [4.69, 9.17) is 0 Å². The van der Waals surface area contributed by atoms with Gasteiger partial charge in [0.2, 0.25) is 5.91 Å². The average Bonchev–Trinajstić information content (AvgIpc) is 3.36. The molecule has 1 aromatic rings. The predicted octanol–water partition coefficient (Wildman–Crippen LogP) is 2.51. The van der Waals surface area contributed by atoms with E-state index in [9.17, 15) is 19.5 Å². The minimum atomic E-state index is -0.901. The van der Waals surface area contributed by atoms with E-state index in [1.807, 2.05) is 13.8 Å². The molecule has 2 rings (SSSR count). The Morgan fingerprint density at radius 2 is 1.79 bits per heavy atom. The molecule has 0 aromatic heterocycles. The number of anilines is 1. The first-order valence-corrected chi connectivity index (χ1v) is 8.28. The SMILES string of the molecule is CC(C)CC(CNC(=O)c1ccc(NC(=O)C2CC2)cc1)C(=O)O. The van der Waals surface area contributed by atoms with Crippen LogP contribution < -0.4 is 10.6 Å². The van der Waals surface area contributed by atoms with Gasteiger partial charge in [-0.1, -0.05) is 13.8 Å². The van der Waals surface area contributed by atoms with Gasteiger partial charge >= 0.3 is 5.97 Å². The summed E-state index contributed by atoms with van der Waals surface area (Å²) in [4.78, 5) is 35.0. The molecule has 24 heavy (non-hydrogen) atoms. The van der Waals surface area contributed by atoms with Crippen molar-refractivity contribution in [1.82, 2.24) is 5.32 Å². The molecule has 1 saturated carbocycles. The molecule has 1 aliphatic carbocycles. The number of carboxylic acid groups (broad SMARTS) is 1. The molecule has 2 amide bonds. The lowest BCUT2D eigenvalue weighted by Gasteiger charge is -2.15. The van der Waals surface area contributed by atoms with Crippen molar-refractivity contribution in [3.63, 3.8) is 0 Å². The van der Waals surface area contributed by atoms with Crippen LogP contribution in [0.15, 0.2) is 24.3 Å². The summed E-state index contributed by atoms with van der Waals surface area (Å²) < 4.78 is 0. The van der Waals surface area contributed by atoms with Gasteiger partial charge < -0.3 is 15.7 Å². The monoisotopic (exact) mass is 332 g/mol. The lowest BCUT2D eigenvalue weighted by atomic mass is 9.97. The van der Waals surface area contributed by atoms with Gasteiger partial charge in [0.1, 0.15) is 0 Å². The fourth-order valence-electron chi connectivity index (χ4n) is 2.45. The average molecular weight is 332 g/mol. The molecule has 0 radical (unpaired) electrons. The number of carboxylic acids is 1. The number of carbonyl (C=O) groups is 3. The third kappa shape index (κ3) is 5.37. The van der Waals surface area contributed by atoms with Crippen LogP contribution >= 0.6 is 0 Å². The van der Waals surface area contributed by atoms with Crippen molar-refractivity contribution in [2.45, 2.75) is 33.1 Å². The van der Waals surface area contributed by atoms with Crippen molar-refractivity contribution in [1.29, 1.82) is 0 Å². The molecule has 1 atom stereocenters. The quantitative estimate of drug-likeness (QED) is 0.681. The smallest absolute Gasteiger partial charge is 0.308 e. The lowest BCUT2D eigenvalue weighted by Crippen LogP contribution is -2.33. The van der Waals surface area contributed by atoms with E-state index < -0.39 is 11.9 Å². The molecule has 130 valence electrons. The Labute approximate surface area is 141 Å². The van der Waals surface area contributed by atoms with Gasteiger partial charge in [-0.05, 0) is 49.4 Å². The molecule has 0 aliphatic heterocycles. The molecular formula is C18H24N2O4. The molecule has 1 aliphatic rings. The number of carbonyl (C=O) groups excluding carboxylic acids is 2. The summed E-state index contributed by atoms with van der Waals surface area (Å²) >= 11 is 0. The minimum Gasteiger partial charge on any atom is -0.481 e. The zero-order valence-electron chi connectivity index (χ0n) is 14.0. The molecule has 0 spiro atoms. The Morgan fingerprint density at radius 1 is 1.17 bits per heavy atom. The predicted molar refractivity (Wildman–Crippen MR) is 90.7 cm³/mol. The maximum Gasteiger partial charge on any atom is 0.308 e. The number of aliphatic carboxylic acids is 1. The highest BCUT2D eigenvalue weighted by Crippen LogP contribution is 2.30. The summed E-state index contributed by atoms with van der Waals surface area (Å²) in [7, 11) is 0. The van der Waals surface area contributed by atoms with Gasteiger partial charge in [-0.25, -0.2) is 0 Å². The van der Waals surface area contributed by atoms with Gasteiger partial charge in [-0.2, -0.15) is 0 Å². The summed E-state index contributed by atoms with van der Waals surface area (Å²) in [6, 6.07) is 6.60. The second-order valence-electron chi connectivity index (χ2n) is 6.72. The normalized spacial score (nSPS) is 15.0. The molecule has 1 unspecified atom stereocenters. The van der Waals surface area contributed by atoms with E-state index in [0.717, 1.165) is 12.8 Å². The van der Waals surface area contributed by atoms with Crippen LogP contribution in [0, 0.1) is 17.8 Å². The zero-order chi connectivity index (χ0) is 17.7. The summed E-state index contributed by atoms with van der Waals surface area (Å²) in [5.74, 6) is -1.41. The topological polar surface area (TPSA) is 95.5 Å². The largest absolute Gasteiger partial charge is 0.481 e. The van der Waals surface area contributed by atoms with E-state index in [1.54, 1.807) is 24.3 Å². The van der Waals surface area contributed by atoms with E-state index in [2.05, 4.69) is 10.6 Å². The maximum absolute atomic E-state index is 12.1. The van der Waals surface area contributed by atoms with Crippen LogP contribution in [0.1, 0.15) is 43.5 Å². The molecule has 1 aromatic carbocycles.